The van der Waals surface area contributed by atoms with Crippen molar-refractivity contribution in [3.63, 3.8) is 0 Å². The Morgan fingerprint density at radius 2 is 1.81 bits per heavy atom. The highest BCUT2D eigenvalue weighted by Gasteiger charge is 2.81. The fourth-order valence-electron chi connectivity index (χ4n) is 10.1. The van der Waals surface area contributed by atoms with Crippen molar-refractivity contribution in [2.45, 2.75) is 89.8 Å². The van der Waals surface area contributed by atoms with Crippen molar-refractivity contribution in [3.8, 4) is 0 Å². The average Bonchev–Trinajstić information content (AvgIpc) is 3.61. The lowest BCUT2D eigenvalue weighted by atomic mass is 9.42. The molecule has 0 radical (unpaired) electrons. The number of ketones is 1. The Morgan fingerprint density at radius 3 is 2.55 bits per heavy atom. The molecule has 0 saturated heterocycles. The predicted octanol–water partition coefficient (Wildman–Crippen LogP) is 3.50. The Kier molecular flexibility index (Phi) is 4.09. The number of Topliss-reactive ketones (excluding diaryl/α,β-unsaturated/α-hetero) is 1. The van der Waals surface area contributed by atoms with Gasteiger partial charge in [-0.15, -0.1) is 0 Å². The third-order valence-corrected chi connectivity index (χ3v) is 11.7. The van der Waals surface area contributed by atoms with Crippen molar-refractivity contribution in [3.05, 3.63) is 0 Å². The smallest absolute Gasteiger partial charge is 0.305 e. The first-order valence-corrected chi connectivity index (χ1v) is 12.7. The number of hydrogen-bond donors (Lipinski definition) is 2. The van der Waals surface area contributed by atoms with Gasteiger partial charge in [0.2, 0.25) is 0 Å². The molecule has 0 spiro atoms. The number of rotatable bonds is 4. The van der Waals surface area contributed by atoms with Crippen molar-refractivity contribution in [2.75, 3.05) is 6.61 Å². The van der Waals surface area contributed by atoms with E-state index in [1.165, 1.54) is 0 Å². The highest BCUT2D eigenvalue weighted by molar-refractivity contribution is 5.81. The van der Waals surface area contributed by atoms with E-state index in [1.54, 1.807) is 0 Å². The van der Waals surface area contributed by atoms with E-state index in [4.69, 9.17) is 4.74 Å². The molecule has 5 nitrogen and oxygen atoms in total. The van der Waals surface area contributed by atoms with Crippen LogP contribution < -0.4 is 0 Å². The van der Waals surface area contributed by atoms with E-state index >= 15 is 0 Å². The Morgan fingerprint density at radius 1 is 1.06 bits per heavy atom. The van der Waals surface area contributed by atoms with Crippen molar-refractivity contribution in [1.82, 2.24) is 0 Å². The van der Waals surface area contributed by atoms with Gasteiger partial charge in [-0.2, -0.15) is 0 Å². The quantitative estimate of drug-likeness (QED) is 0.667. The number of hydrogen-bond acceptors (Lipinski definition) is 5. The SMILES string of the molecule is CCOC(=O)CC[C@]1(O)C2C[C@H]2C2C3C4C[C@H]4[C@]4(O)CC(=O)CC[C@]4(C)C3CC[C@@]21C. The molecule has 0 amide bonds. The zero-order valence-corrected chi connectivity index (χ0v) is 19.2. The molecule has 31 heavy (non-hydrogen) atoms. The van der Waals surface area contributed by atoms with Gasteiger partial charge in [-0.25, -0.2) is 0 Å². The first-order chi connectivity index (χ1) is 14.6. The molecule has 11 atom stereocenters. The number of carbonyl (C=O) groups excluding carboxylic acids is 2. The van der Waals surface area contributed by atoms with Crippen LogP contribution >= 0.6 is 0 Å². The van der Waals surface area contributed by atoms with Crippen molar-refractivity contribution < 1.29 is 24.5 Å². The van der Waals surface area contributed by atoms with E-state index in [2.05, 4.69) is 13.8 Å². The fraction of sp³-hybridized carbons (Fsp3) is 0.923. The van der Waals surface area contributed by atoms with Crippen LogP contribution in [-0.4, -0.2) is 39.8 Å². The second-order valence-electron chi connectivity index (χ2n) is 12.5. The summed E-state index contributed by atoms with van der Waals surface area (Å²) in [6, 6.07) is 0. The topological polar surface area (TPSA) is 83.8 Å². The zero-order valence-electron chi connectivity index (χ0n) is 19.2. The number of ether oxygens (including phenoxy) is 1. The minimum atomic E-state index is -0.816. The van der Waals surface area contributed by atoms with Gasteiger partial charge in [0.15, 0.2) is 0 Å². The second-order valence-corrected chi connectivity index (χ2v) is 12.5. The maximum absolute atomic E-state index is 12.3. The van der Waals surface area contributed by atoms with Crippen LogP contribution in [0.1, 0.15) is 78.6 Å². The first kappa shape index (κ1) is 20.7. The number of fused-ring (bicyclic) bond motifs is 10. The minimum Gasteiger partial charge on any atom is -0.466 e. The molecule has 0 aromatic heterocycles. The van der Waals surface area contributed by atoms with Crippen molar-refractivity contribution in [2.24, 2.45) is 52.3 Å². The monoisotopic (exact) mass is 430 g/mol. The molecule has 0 aromatic rings. The molecule has 6 saturated carbocycles. The summed E-state index contributed by atoms with van der Waals surface area (Å²) in [5, 5.41) is 23.9. The van der Waals surface area contributed by atoms with E-state index in [-0.39, 0.29) is 28.5 Å². The molecule has 6 rings (SSSR count). The summed E-state index contributed by atoms with van der Waals surface area (Å²) >= 11 is 0. The lowest BCUT2D eigenvalue weighted by molar-refractivity contribution is -0.223. The molecule has 5 unspecified atom stereocenters. The van der Waals surface area contributed by atoms with Crippen LogP contribution in [0.2, 0.25) is 0 Å². The summed E-state index contributed by atoms with van der Waals surface area (Å²) in [6.45, 7) is 6.80. The van der Waals surface area contributed by atoms with Crippen molar-refractivity contribution >= 4 is 11.8 Å². The van der Waals surface area contributed by atoms with Gasteiger partial charge in [0, 0.05) is 24.7 Å². The van der Waals surface area contributed by atoms with Crippen LogP contribution in [0, 0.1) is 52.3 Å². The summed E-state index contributed by atoms with van der Waals surface area (Å²) in [7, 11) is 0. The zero-order chi connectivity index (χ0) is 22.0. The van der Waals surface area contributed by atoms with E-state index < -0.39 is 11.2 Å². The molecule has 0 bridgehead atoms. The normalized spacial score (nSPS) is 58.4. The molecular weight excluding hydrogens is 392 g/mol. The molecule has 0 aromatic carbocycles. The number of esters is 1. The van der Waals surface area contributed by atoms with Gasteiger partial charge in [-0.3, -0.25) is 9.59 Å². The van der Waals surface area contributed by atoms with Crippen LogP contribution in [-0.2, 0) is 14.3 Å². The second kappa shape index (κ2) is 6.14. The molecule has 0 aliphatic heterocycles. The standard InChI is InChI=1S/C26H38O5/c1-4-31-20(28)7-10-25(29)19-12-16(19)22-21-15-11-18(15)26(30)13-14(27)5-8-23(26,2)17(21)6-9-24(22,25)3/h15-19,21-22,29-30H,4-13H2,1-3H3/t15?,16-,17?,18-,19?,21?,22?,23-,24+,25+,26-/m1/s1. The largest absolute Gasteiger partial charge is 0.466 e. The lowest BCUT2D eigenvalue weighted by Gasteiger charge is -2.64. The van der Waals surface area contributed by atoms with Gasteiger partial charge in [-0.05, 0) is 92.3 Å². The Labute approximate surface area is 185 Å². The van der Waals surface area contributed by atoms with Gasteiger partial charge < -0.3 is 14.9 Å². The Bertz CT molecular complexity index is 840. The molecular formula is C26H38O5. The van der Waals surface area contributed by atoms with Gasteiger partial charge in [-0.1, -0.05) is 13.8 Å². The van der Waals surface area contributed by atoms with Gasteiger partial charge in [0.1, 0.15) is 5.78 Å². The summed E-state index contributed by atoms with van der Waals surface area (Å²) < 4.78 is 5.16. The molecule has 2 N–H and O–H groups in total. The molecule has 172 valence electrons. The molecule has 6 fully saturated rings. The maximum Gasteiger partial charge on any atom is 0.305 e. The Hall–Kier alpha value is -0.940. The lowest BCUT2D eigenvalue weighted by Crippen LogP contribution is -2.65. The van der Waals surface area contributed by atoms with Crippen LogP contribution in [0.15, 0.2) is 0 Å². The van der Waals surface area contributed by atoms with Crippen LogP contribution in [0.3, 0.4) is 0 Å². The van der Waals surface area contributed by atoms with Gasteiger partial charge in [0.25, 0.3) is 0 Å². The number of carbonyl (C=O) groups is 2. The highest BCUT2D eigenvalue weighted by Crippen LogP contribution is 2.81. The van der Waals surface area contributed by atoms with E-state index in [0.717, 1.165) is 32.1 Å². The summed E-state index contributed by atoms with van der Waals surface area (Å²) in [5.74, 6) is 3.16. The van der Waals surface area contributed by atoms with Gasteiger partial charge in [0.05, 0.1) is 17.8 Å². The van der Waals surface area contributed by atoms with E-state index in [9.17, 15) is 19.8 Å². The summed E-state index contributed by atoms with van der Waals surface area (Å²) in [5.41, 5.74) is -1.93. The van der Waals surface area contributed by atoms with Crippen LogP contribution in [0.25, 0.3) is 0 Å². The molecule has 6 aliphatic carbocycles. The third kappa shape index (κ3) is 2.35. The fourth-order valence-corrected chi connectivity index (χ4v) is 10.1. The van der Waals surface area contributed by atoms with E-state index in [1.807, 2.05) is 6.92 Å². The molecule has 6 aliphatic rings. The van der Waals surface area contributed by atoms with Crippen LogP contribution in [0.5, 0.6) is 0 Å². The number of aliphatic hydroxyl groups is 2. The summed E-state index contributed by atoms with van der Waals surface area (Å²) in [4.78, 5) is 24.4. The molecule has 5 heteroatoms. The minimum absolute atomic E-state index is 0.155. The van der Waals surface area contributed by atoms with Gasteiger partial charge >= 0.3 is 5.97 Å². The van der Waals surface area contributed by atoms with E-state index in [0.29, 0.717) is 67.8 Å². The molecule has 0 heterocycles. The Balaban J connectivity index is 1.32. The van der Waals surface area contributed by atoms with Crippen LogP contribution in [0.4, 0.5) is 0 Å². The van der Waals surface area contributed by atoms with Crippen molar-refractivity contribution in [1.29, 1.82) is 0 Å². The summed E-state index contributed by atoms with van der Waals surface area (Å²) in [6.07, 6.45) is 6.71. The first-order valence-electron chi connectivity index (χ1n) is 12.7. The third-order valence-electron chi connectivity index (χ3n) is 11.7. The highest BCUT2D eigenvalue weighted by atomic mass is 16.5. The maximum atomic E-state index is 12.3. The average molecular weight is 431 g/mol. The predicted molar refractivity (Wildman–Crippen MR) is 114 cm³/mol.